The van der Waals surface area contributed by atoms with Gasteiger partial charge in [0.1, 0.15) is 5.82 Å². The maximum absolute atomic E-state index is 5.88. The van der Waals surface area contributed by atoms with Crippen LogP contribution in [-0.4, -0.2) is 11.5 Å². The first-order chi connectivity index (χ1) is 8.16. The minimum absolute atomic E-state index is 0.842. The summed E-state index contributed by atoms with van der Waals surface area (Å²) in [4.78, 5) is 5.58. The number of hydrogen-bond donors (Lipinski definition) is 1. The molecule has 0 aromatic carbocycles. The molecule has 2 nitrogen and oxygen atoms in total. The summed E-state index contributed by atoms with van der Waals surface area (Å²) in [7, 11) is 0. The number of rotatable bonds is 4. The third kappa shape index (κ3) is 3.44. The Bertz CT molecular complexity index is 513. The van der Waals surface area contributed by atoms with Crippen LogP contribution >= 0.6 is 38.9 Å². The van der Waals surface area contributed by atoms with Gasteiger partial charge in [-0.05, 0) is 53.0 Å². The Kier molecular flexibility index (Phi) is 4.42. The second-order valence-corrected chi connectivity index (χ2v) is 6.27. The van der Waals surface area contributed by atoms with Crippen LogP contribution in [0.25, 0.3) is 0 Å². The van der Waals surface area contributed by atoms with Crippen molar-refractivity contribution in [2.24, 2.45) is 0 Å². The highest BCUT2D eigenvalue weighted by Gasteiger charge is 2.03. The van der Waals surface area contributed by atoms with Crippen molar-refractivity contribution in [3.8, 4) is 0 Å². The molecule has 2 aromatic heterocycles. The van der Waals surface area contributed by atoms with Gasteiger partial charge in [-0.15, -0.1) is 11.3 Å². The second-order valence-electron chi connectivity index (χ2n) is 3.67. The summed E-state index contributed by atoms with van der Waals surface area (Å²) in [5, 5.41) is 3.32. The van der Waals surface area contributed by atoms with E-state index >= 15 is 0 Å². The molecule has 0 aliphatic heterocycles. The molecule has 17 heavy (non-hydrogen) atoms. The Morgan fingerprint density at radius 1 is 1.41 bits per heavy atom. The lowest BCUT2D eigenvalue weighted by atomic mass is 10.3. The number of aromatic nitrogens is 1. The Morgan fingerprint density at radius 3 is 2.94 bits per heavy atom. The van der Waals surface area contributed by atoms with E-state index in [1.165, 1.54) is 10.4 Å². The first kappa shape index (κ1) is 12.9. The molecule has 90 valence electrons. The van der Waals surface area contributed by atoms with E-state index < -0.39 is 0 Å². The zero-order valence-corrected chi connectivity index (χ0v) is 12.5. The van der Waals surface area contributed by atoms with Gasteiger partial charge in [-0.25, -0.2) is 4.98 Å². The van der Waals surface area contributed by atoms with Crippen molar-refractivity contribution in [2.75, 3.05) is 11.9 Å². The van der Waals surface area contributed by atoms with Crippen LogP contribution in [0.15, 0.2) is 28.9 Å². The SMILES string of the molecule is Cc1ccnc(NCCc2ccc(Cl)s2)c1Br. The summed E-state index contributed by atoms with van der Waals surface area (Å²) in [5.74, 6) is 0.896. The molecule has 2 heterocycles. The van der Waals surface area contributed by atoms with E-state index in [1.54, 1.807) is 11.3 Å². The normalized spacial score (nSPS) is 10.5. The molecular formula is C12H12BrClN2S. The lowest BCUT2D eigenvalue weighted by molar-refractivity contribution is 1.02. The number of halogens is 2. The quantitative estimate of drug-likeness (QED) is 0.891. The molecule has 0 unspecified atom stereocenters. The van der Waals surface area contributed by atoms with Crippen molar-refractivity contribution >= 4 is 44.7 Å². The molecule has 0 atom stereocenters. The van der Waals surface area contributed by atoms with Gasteiger partial charge < -0.3 is 5.32 Å². The van der Waals surface area contributed by atoms with Crippen LogP contribution < -0.4 is 5.32 Å². The van der Waals surface area contributed by atoms with Crippen molar-refractivity contribution in [3.63, 3.8) is 0 Å². The van der Waals surface area contributed by atoms with Gasteiger partial charge in [0.05, 0.1) is 8.81 Å². The minimum Gasteiger partial charge on any atom is -0.369 e. The number of pyridine rings is 1. The molecule has 0 radical (unpaired) electrons. The summed E-state index contributed by atoms with van der Waals surface area (Å²) < 4.78 is 1.87. The summed E-state index contributed by atoms with van der Waals surface area (Å²) in [6, 6.07) is 5.98. The van der Waals surface area contributed by atoms with Crippen molar-refractivity contribution in [3.05, 3.63) is 43.6 Å². The van der Waals surface area contributed by atoms with Crippen LogP contribution in [0, 0.1) is 6.92 Å². The molecule has 0 bridgehead atoms. The van der Waals surface area contributed by atoms with E-state index in [0.717, 1.165) is 27.6 Å². The first-order valence-corrected chi connectivity index (χ1v) is 7.25. The number of nitrogens with one attached hydrogen (secondary N) is 1. The number of thiophene rings is 1. The molecule has 0 aliphatic rings. The minimum atomic E-state index is 0.842. The van der Waals surface area contributed by atoms with E-state index in [9.17, 15) is 0 Å². The molecule has 2 aromatic rings. The van der Waals surface area contributed by atoms with Gasteiger partial charge in [0.25, 0.3) is 0 Å². The highest BCUT2D eigenvalue weighted by molar-refractivity contribution is 9.10. The van der Waals surface area contributed by atoms with Crippen LogP contribution in [0.2, 0.25) is 4.34 Å². The van der Waals surface area contributed by atoms with Gasteiger partial charge in [-0.1, -0.05) is 11.6 Å². The van der Waals surface area contributed by atoms with Gasteiger partial charge in [0.2, 0.25) is 0 Å². The fourth-order valence-corrected chi connectivity index (χ4v) is 2.92. The van der Waals surface area contributed by atoms with Crippen molar-refractivity contribution in [1.29, 1.82) is 0 Å². The van der Waals surface area contributed by atoms with Crippen molar-refractivity contribution in [1.82, 2.24) is 4.98 Å². The van der Waals surface area contributed by atoms with Crippen LogP contribution in [-0.2, 0) is 6.42 Å². The van der Waals surface area contributed by atoms with E-state index in [4.69, 9.17) is 11.6 Å². The van der Waals surface area contributed by atoms with Crippen LogP contribution in [0.5, 0.6) is 0 Å². The number of hydrogen-bond acceptors (Lipinski definition) is 3. The molecule has 0 spiro atoms. The van der Waals surface area contributed by atoms with Crippen LogP contribution in [0.1, 0.15) is 10.4 Å². The molecule has 0 saturated carbocycles. The first-order valence-electron chi connectivity index (χ1n) is 5.26. The Balaban J connectivity index is 1.92. The number of anilines is 1. The van der Waals surface area contributed by atoms with Gasteiger partial charge in [0.15, 0.2) is 0 Å². The van der Waals surface area contributed by atoms with Gasteiger partial charge in [-0.3, -0.25) is 0 Å². The standard InChI is InChI=1S/C12H12BrClN2S/c1-8-4-6-15-12(11(8)13)16-7-5-9-2-3-10(14)17-9/h2-4,6H,5,7H2,1H3,(H,15,16). The van der Waals surface area contributed by atoms with Gasteiger partial charge in [0, 0.05) is 17.6 Å². The molecule has 0 fully saturated rings. The molecule has 0 aliphatic carbocycles. The molecule has 0 saturated heterocycles. The number of aryl methyl sites for hydroxylation is 1. The predicted molar refractivity (Wildman–Crippen MR) is 78.2 cm³/mol. The monoisotopic (exact) mass is 330 g/mol. The summed E-state index contributed by atoms with van der Waals surface area (Å²) in [5.41, 5.74) is 1.18. The van der Waals surface area contributed by atoms with Gasteiger partial charge in [-0.2, -0.15) is 0 Å². The lowest BCUT2D eigenvalue weighted by Gasteiger charge is -2.08. The fraction of sp³-hybridized carbons (Fsp3) is 0.250. The van der Waals surface area contributed by atoms with E-state index in [1.807, 2.05) is 18.3 Å². The third-order valence-corrected chi connectivity index (χ3v) is 4.67. The fourth-order valence-electron chi connectivity index (χ4n) is 1.45. The third-order valence-electron chi connectivity index (χ3n) is 2.37. The maximum Gasteiger partial charge on any atom is 0.140 e. The van der Waals surface area contributed by atoms with E-state index in [-0.39, 0.29) is 0 Å². The van der Waals surface area contributed by atoms with E-state index in [2.05, 4.69) is 39.2 Å². The van der Waals surface area contributed by atoms with Crippen LogP contribution in [0.3, 0.4) is 0 Å². The lowest BCUT2D eigenvalue weighted by Crippen LogP contribution is -2.06. The molecule has 5 heteroatoms. The maximum atomic E-state index is 5.88. The molecule has 0 amide bonds. The van der Waals surface area contributed by atoms with Gasteiger partial charge >= 0.3 is 0 Å². The Labute approximate surface area is 118 Å². The highest BCUT2D eigenvalue weighted by atomic mass is 79.9. The Morgan fingerprint density at radius 2 is 2.24 bits per heavy atom. The number of nitrogens with zero attached hydrogens (tertiary/aromatic N) is 1. The highest BCUT2D eigenvalue weighted by Crippen LogP contribution is 2.24. The zero-order valence-electron chi connectivity index (χ0n) is 9.34. The summed E-state index contributed by atoms with van der Waals surface area (Å²) >= 11 is 11.0. The molecule has 2 rings (SSSR count). The van der Waals surface area contributed by atoms with Crippen molar-refractivity contribution in [2.45, 2.75) is 13.3 Å². The molecule has 1 N–H and O–H groups in total. The predicted octanol–water partition coefficient (Wildman–Crippen LogP) is 4.52. The smallest absolute Gasteiger partial charge is 0.140 e. The zero-order chi connectivity index (χ0) is 12.3. The topological polar surface area (TPSA) is 24.9 Å². The summed E-state index contributed by atoms with van der Waals surface area (Å²) in [6.07, 6.45) is 2.77. The molecular weight excluding hydrogens is 320 g/mol. The largest absolute Gasteiger partial charge is 0.369 e. The Hall–Kier alpha value is -0.580. The summed E-state index contributed by atoms with van der Waals surface area (Å²) in [6.45, 7) is 2.90. The second kappa shape index (κ2) is 5.85. The van der Waals surface area contributed by atoms with Crippen LogP contribution in [0.4, 0.5) is 5.82 Å². The van der Waals surface area contributed by atoms with E-state index in [0.29, 0.717) is 0 Å². The average molecular weight is 332 g/mol. The van der Waals surface area contributed by atoms with Crippen molar-refractivity contribution < 1.29 is 0 Å². The average Bonchev–Trinajstić information content (AvgIpc) is 2.70.